The fourth-order valence-corrected chi connectivity index (χ4v) is 4.27. The lowest BCUT2D eigenvalue weighted by Crippen LogP contribution is -2.44. The standard InChI is InChI=1S/C22H30N2O2/c1-15-10-17-13-22(2,3)24-20(19(17)11-18(15)14-23-26)12-21(25)16-8-6-4-5-7-9-16/h10-12,14,16,24,26H,4-9,13H2,1-3H3/b20-12-,23-14?. The average Bonchev–Trinajstić information content (AvgIpc) is 2.85. The van der Waals surface area contributed by atoms with E-state index in [1.165, 1.54) is 24.6 Å². The molecule has 4 nitrogen and oxygen atoms in total. The Kier molecular flexibility index (Phi) is 5.49. The largest absolute Gasteiger partial charge is 0.411 e. The van der Waals surface area contributed by atoms with Gasteiger partial charge < -0.3 is 10.5 Å². The summed E-state index contributed by atoms with van der Waals surface area (Å²) in [6, 6.07) is 4.18. The zero-order chi connectivity index (χ0) is 18.7. The zero-order valence-corrected chi connectivity index (χ0v) is 16.1. The SMILES string of the molecule is Cc1cc2c(cc1C=NO)/C(=C/C(=O)C1CCCCCC1)NC(C)(C)C2. The molecule has 140 valence electrons. The van der Waals surface area contributed by atoms with Crippen molar-refractivity contribution in [1.82, 2.24) is 5.32 Å². The van der Waals surface area contributed by atoms with Crippen LogP contribution in [-0.2, 0) is 11.2 Å². The molecule has 2 aliphatic rings. The van der Waals surface area contributed by atoms with Gasteiger partial charge in [-0.05, 0) is 62.8 Å². The fraction of sp³-hybridized carbons (Fsp3) is 0.545. The predicted molar refractivity (Wildman–Crippen MR) is 106 cm³/mol. The summed E-state index contributed by atoms with van der Waals surface area (Å²) in [4.78, 5) is 12.9. The summed E-state index contributed by atoms with van der Waals surface area (Å²) in [6.45, 7) is 6.35. The van der Waals surface area contributed by atoms with Crippen molar-refractivity contribution in [3.8, 4) is 0 Å². The third-order valence-electron chi connectivity index (χ3n) is 5.63. The maximum absolute atomic E-state index is 12.9. The highest BCUT2D eigenvalue weighted by Gasteiger charge is 2.29. The van der Waals surface area contributed by atoms with Crippen molar-refractivity contribution in [2.24, 2.45) is 11.1 Å². The molecular weight excluding hydrogens is 324 g/mol. The molecule has 3 rings (SSSR count). The third-order valence-corrected chi connectivity index (χ3v) is 5.63. The van der Waals surface area contributed by atoms with E-state index in [4.69, 9.17) is 5.21 Å². The lowest BCUT2D eigenvalue weighted by atomic mass is 9.83. The minimum absolute atomic E-state index is 0.0956. The molecule has 26 heavy (non-hydrogen) atoms. The summed E-state index contributed by atoms with van der Waals surface area (Å²) in [6.07, 6.45) is 11.0. The van der Waals surface area contributed by atoms with Gasteiger partial charge in [-0.3, -0.25) is 4.79 Å². The average molecular weight is 354 g/mol. The van der Waals surface area contributed by atoms with Crippen molar-refractivity contribution < 1.29 is 10.0 Å². The quantitative estimate of drug-likeness (QED) is 0.274. The first-order valence-corrected chi connectivity index (χ1v) is 9.75. The Labute approximate surface area is 156 Å². The van der Waals surface area contributed by atoms with Crippen LogP contribution in [0.4, 0.5) is 0 Å². The van der Waals surface area contributed by atoms with Crippen molar-refractivity contribution in [1.29, 1.82) is 0 Å². The molecule has 1 aliphatic carbocycles. The molecule has 0 amide bonds. The van der Waals surface area contributed by atoms with Gasteiger partial charge in [0.15, 0.2) is 5.78 Å². The number of aryl methyl sites for hydroxylation is 1. The second kappa shape index (κ2) is 7.65. The molecule has 0 atom stereocenters. The molecule has 4 heteroatoms. The zero-order valence-electron chi connectivity index (χ0n) is 16.1. The highest BCUT2D eigenvalue weighted by Crippen LogP contribution is 2.32. The Morgan fingerprint density at radius 2 is 1.92 bits per heavy atom. The van der Waals surface area contributed by atoms with E-state index in [0.29, 0.717) is 0 Å². The summed E-state index contributed by atoms with van der Waals surface area (Å²) >= 11 is 0. The first-order chi connectivity index (χ1) is 12.4. The van der Waals surface area contributed by atoms with Crippen LogP contribution in [0.3, 0.4) is 0 Å². The van der Waals surface area contributed by atoms with E-state index in [-0.39, 0.29) is 17.2 Å². The van der Waals surface area contributed by atoms with Gasteiger partial charge in [0.05, 0.1) is 6.21 Å². The van der Waals surface area contributed by atoms with Crippen LogP contribution in [0.2, 0.25) is 0 Å². The van der Waals surface area contributed by atoms with Crippen LogP contribution >= 0.6 is 0 Å². The molecule has 1 aromatic rings. The van der Waals surface area contributed by atoms with Crippen LogP contribution in [0.25, 0.3) is 5.70 Å². The van der Waals surface area contributed by atoms with E-state index < -0.39 is 0 Å². The smallest absolute Gasteiger partial charge is 0.160 e. The predicted octanol–water partition coefficient (Wildman–Crippen LogP) is 4.61. The first kappa shape index (κ1) is 18.7. The number of benzene rings is 1. The Bertz CT molecular complexity index is 739. The molecule has 0 saturated heterocycles. The van der Waals surface area contributed by atoms with Gasteiger partial charge in [-0.25, -0.2) is 0 Å². The number of rotatable bonds is 3. The maximum Gasteiger partial charge on any atom is 0.160 e. The Morgan fingerprint density at radius 1 is 1.23 bits per heavy atom. The number of ketones is 1. The van der Waals surface area contributed by atoms with E-state index in [9.17, 15) is 4.79 Å². The van der Waals surface area contributed by atoms with E-state index in [0.717, 1.165) is 54.5 Å². The highest BCUT2D eigenvalue weighted by atomic mass is 16.4. The van der Waals surface area contributed by atoms with E-state index >= 15 is 0 Å². The Balaban J connectivity index is 1.98. The number of carbonyl (C=O) groups is 1. The lowest BCUT2D eigenvalue weighted by molar-refractivity contribution is -0.118. The second-order valence-corrected chi connectivity index (χ2v) is 8.45. The Hall–Kier alpha value is -2.10. The molecule has 0 radical (unpaired) electrons. The van der Waals surface area contributed by atoms with Crippen LogP contribution in [0.5, 0.6) is 0 Å². The maximum atomic E-state index is 12.9. The second-order valence-electron chi connectivity index (χ2n) is 8.45. The van der Waals surface area contributed by atoms with Crippen LogP contribution in [0.1, 0.15) is 74.6 Å². The number of hydrogen-bond donors (Lipinski definition) is 2. The third kappa shape index (κ3) is 4.17. The molecular formula is C22H30N2O2. The van der Waals surface area contributed by atoms with Crippen LogP contribution in [0.15, 0.2) is 23.4 Å². The molecule has 0 spiro atoms. The van der Waals surface area contributed by atoms with Gasteiger partial charge in [-0.1, -0.05) is 36.9 Å². The van der Waals surface area contributed by atoms with Crippen molar-refractivity contribution in [3.63, 3.8) is 0 Å². The molecule has 0 bridgehead atoms. The Morgan fingerprint density at radius 3 is 2.58 bits per heavy atom. The van der Waals surface area contributed by atoms with Gasteiger partial charge in [-0.15, -0.1) is 0 Å². The summed E-state index contributed by atoms with van der Waals surface area (Å²) in [5.74, 6) is 0.403. The fourth-order valence-electron chi connectivity index (χ4n) is 4.27. The highest BCUT2D eigenvalue weighted by molar-refractivity contribution is 5.99. The van der Waals surface area contributed by atoms with Gasteiger partial charge in [-0.2, -0.15) is 0 Å². The van der Waals surface area contributed by atoms with Crippen molar-refractivity contribution >= 4 is 17.7 Å². The van der Waals surface area contributed by atoms with E-state index in [2.05, 4.69) is 30.4 Å². The molecule has 0 aromatic heterocycles. The van der Waals surface area contributed by atoms with Gasteiger partial charge in [0.1, 0.15) is 0 Å². The molecule has 1 saturated carbocycles. The van der Waals surface area contributed by atoms with Crippen molar-refractivity contribution in [2.75, 3.05) is 0 Å². The van der Waals surface area contributed by atoms with Gasteiger partial charge in [0.25, 0.3) is 0 Å². The molecule has 0 unspecified atom stereocenters. The number of oxime groups is 1. The molecule has 1 aliphatic heterocycles. The van der Waals surface area contributed by atoms with E-state index in [1.807, 2.05) is 19.1 Å². The number of allylic oxidation sites excluding steroid dienone is 1. The van der Waals surface area contributed by atoms with Gasteiger partial charge in [0, 0.05) is 28.8 Å². The summed E-state index contributed by atoms with van der Waals surface area (Å²) in [5, 5.41) is 15.7. The van der Waals surface area contributed by atoms with Crippen molar-refractivity contribution in [3.05, 3.63) is 40.5 Å². The number of nitrogens with zero attached hydrogens (tertiary/aromatic N) is 1. The van der Waals surface area contributed by atoms with Crippen LogP contribution < -0.4 is 5.32 Å². The molecule has 1 aromatic carbocycles. The number of carbonyl (C=O) groups excluding carboxylic acids is 1. The molecule has 1 heterocycles. The normalized spacial score (nSPS) is 22.0. The number of fused-ring (bicyclic) bond motifs is 1. The van der Waals surface area contributed by atoms with Gasteiger partial charge >= 0.3 is 0 Å². The topological polar surface area (TPSA) is 61.7 Å². The van der Waals surface area contributed by atoms with Crippen LogP contribution in [0, 0.1) is 12.8 Å². The summed E-state index contributed by atoms with van der Waals surface area (Å²) < 4.78 is 0. The van der Waals surface area contributed by atoms with Crippen molar-refractivity contribution in [2.45, 2.75) is 71.3 Å². The summed E-state index contributed by atoms with van der Waals surface area (Å²) in [7, 11) is 0. The molecule has 1 fully saturated rings. The number of hydrogen-bond acceptors (Lipinski definition) is 4. The van der Waals surface area contributed by atoms with E-state index in [1.54, 1.807) is 0 Å². The molecule has 2 N–H and O–H groups in total. The van der Waals surface area contributed by atoms with Crippen LogP contribution in [-0.4, -0.2) is 22.7 Å². The minimum Gasteiger partial charge on any atom is -0.411 e. The number of nitrogens with one attached hydrogen (secondary N) is 1. The van der Waals surface area contributed by atoms with Gasteiger partial charge in [0.2, 0.25) is 0 Å². The monoisotopic (exact) mass is 354 g/mol. The minimum atomic E-state index is -0.0956. The summed E-state index contributed by atoms with van der Waals surface area (Å²) in [5.41, 5.74) is 5.04. The lowest BCUT2D eigenvalue weighted by Gasteiger charge is -2.36. The first-order valence-electron chi connectivity index (χ1n) is 9.75.